The van der Waals surface area contributed by atoms with E-state index in [0.29, 0.717) is 43.2 Å². The summed E-state index contributed by atoms with van der Waals surface area (Å²) in [7, 11) is 0. The Labute approximate surface area is 221 Å². The second-order valence-corrected chi connectivity index (χ2v) is 9.51. The number of aldehydes is 1. The lowest BCUT2D eigenvalue weighted by molar-refractivity contribution is -0.112. The minimum absolute atomic E-state index is 0.0619. The fourth-order valence-electron chi connectivity index (χ4n) is 5.05. The molecule has 5 rings (SSSR count). The van der Waals surface area contributed by atoms with Gasteiger partial charge < -0.3 is 24.3 Å². The van der Waals surface area contributed by atoms with E-state index in [1.54, 1.807) is 30.3 Å². The van der Waals surface area contributed by atoms with Crippen LogP contribution in [0.5, 0.6) is 5.75 Å². The summed E-state index contributed by atoms with van der Waals surface area (Å²) in [6.45, 7) is -0.506. The first-order valence-electron chi connectivity index (χ1n) is 12.4. The third kappa shape index (κ3) is 5.04. The third-order valence-electron chi connectivity index (χ3n) is 7.05. The minimum Gasteiger partial charge on any atom is -0.483 e. The molecule has 39 heavy (non-hydrogen) atoms. The molecule has 0 spiro atoms. The molecule has 3 heterocycles. The number of carbonyl (C=O) groups is 3. The van der Waals surface area contributed by atoms with Crippen LogP contribution in [0.15, 0.2) is 53.5 Å². The number of ether oxygens (including phenoxy) is 1. The second kappa shape index (κ2) is 10.8. The van der Waals surface area contributed by atoms with Crippen LogP contribution in [-0.2, 0) is 17.9 Å². The predicted octanol–water partition coefficient (Wildman–Crippen LogP) is 3.52. The Bertz CT molecular complexity index is 1490. The number of halogens is 3. The summed E-state index contributed by atoms with van der Waals surface area (Å²) < 4.78 is 48.8. The van der Waals surface area contributed by atoms with E-state index in [1.807, 2.05) is 0 Å². The van der Waals surface area contributed by atoms with Gasteiger partial charge in [0.05, 0.1) is 12.1 Å². The summed E-state index contributed by atoms with van der Waals surface area (Å²) in [5.41, 5.74) is -1.20. The van der Waals surface area contributed by atoms with Gasteiger partial charge in [0.15, 0.2) is 11.4 Å². The monoisotopic (exact) mass is 539 g/mol. The summed E-state index contributed by atoms with van der Waals surface area (Å²) in [5.74, 6) is -5.33. The van der Waals surface area contributed by atoms with Gasteiger partial charge >= 0.3 is 0 Å². The van der Waals surface area contributed by atoms with Gasteiger partial charge in [-0.1, -0.05) is 30.3 Å². The average Bonchev–Trinajstić information content (AvgIpc) is 3.11. The molecule has 1 fully saturated rings. The highest BCUT2D eigenvalue weighted by atomic mass is 19.1. The molecule has 2 aliphatic heterocycles. The van der Waals surface area contributed by atoms with Gasteiger partial charge in [0, 0.05) is 37.0 Å². The van der Waals surface area contributed by atoms with Crippen molar-refractivity contribution in [3.63, 3.8) is 0 Å². The molecule has 2 bridgehead atoms. The Morgan fingerprint density at radius 1 is 1.08 bits per heavy atom. The van der Waals surface area contributed by atoms with Crippen molar-refractivity contribution in [1.29, 1.82) is 0 Å². The molecule has 1 N–H and O–H groups in total. The van der Waals surface area contributed by atoms with Crippen molar-refractivity contribution in [2.45, 2.75) is 44.5 Å². The lowest BCUT2D eigenvalue weighted by Crippen LogP contribution is -2.49. The van der Waals surface area contributed by atoms with Crippen molar-refractivity contribution < 1.29 is 32.3 Å². The summed E-state index contributed by atoms with van der Waals surface area (Å²) in [5, 5.41) is 2.31. The number of hydrogen-bond acceptors (Lipinski definition) is 5. The quantitative estimate of drug-likeness (QED) is 0.464. The van der Waals surface area contributed by atoms with Crippen LogP contribution in [0.3, 0.4) is 0 Å². The summed E-state index contributed by atoms with van der Waals surface area (Å²) in [4.78, 5) is 53.4. The van der Waals surface area contributed by atoms with E-state index >= 15 is 0 Å². The van der Waals surface area contributed by atoms with Crippen LogP contribution in [0.1, 0.15) is 57.3 Å². The van der Waals surface area contributed by atoms with E-state index < -0.39 is 52.8 Å². The van der Waals surface area contributed by atoms with Crippen molar-refractivity contribution in [1.82, 2.24) is 14.8 Å². The van der Waals surface area contributed by atoms with Crippen molar-refractivity contribution in [2.24, 2.45) is 0 Å². The molecule has 0 aliphatic carbocycles. The van der Waals surface area contributed by atoms with Crippen LogP contribution >= 0.6 is 0 Å². The maximum absolute atomic E-state index is 14.1. The van der Waals surface area contributed by atoms with Crippen molar-refractivity contribution in [3.05, 3.63) is 98.7 Å². The number of carbonyl (C=O) groups excluding carboxylic acids is 3. The summed E-state index contributed by atoms with van der Waals surface area (Å²) >= 11 is 0. The maximum Gasteiger partial charge on any atom is 0.275 e. The van der Waals surface area contributed by atoms with Crippen LogP contribution in [0, 0.1) is 17.5 Å². The topological polar surface area (TPSA) is 97.7 Å². The minimum atomic E-state index is -1.18. The van der Waals surface area contributed by atoms with Gasteiger partial charge in [-0.25, -0.2) is 13.2 Å². The summed E-state index contributed by atoms with van der Waals surface area (Å²) in [6, 6.07) is 8.89. The molecule has 2 aromatic carbocycles. The maximum atomic E-state index is 14.1. The standard InChI is InChI=1S/C28H24F3N3O5/c29-17-9-22(30)20(23(31)10-17)11-32-27(37)21-13-33-18-7-4-8-19(14-35)34(12-18)28(38)24(33)26(25(21)36)39-15-16-5-2-1-3-6-16/h1-3,5-6,9-10,13-14,18-19H,4,7-8,11-12,15H2,(H,32,37)/t18-,19+/m0/s1. The molecule has 2 aliphatic rings. The number of aromatic nitrogens is 1. The number of nitrogens with one attached hydrogen (secondary N) is 1. The van der Waals surface area contributed by atoms with E-state index in [9.17, 15) is 32.3 Å². The Balaban J connectivity index is 1.55. The molecule has 8 nitrogen and oxygen atoms in total. The Morgan fingerprint density at radius 2 is 1.79 bits per heavy atom. The van der Waals surface area contributed by atoms with Crippen LogP contribution in [0.2, 0.25) is 0 Å². The van der Waals surface area contributed by atoms with E-state index in [2.05, 4.69) is 5.32 Å². The molecule has 0 saturated carbocycles. The second-order valence-electron chi connectivity index (χ2n) is 9.51. The smallest absolute Gasteiger partial charge is 0.275 e. The van der Waals surface area contributed by atoms with E-state index in [1.165, 1.54) is 15.7 Å². The van der Waals surface area contributed by atoms with Crippen LogP contribution in [-0.4, -0.2) is 40.2 Å². The first-order chi connectivity index (χ1) is 18.8. The molecule has 2 atom stereocenters. The number of hydrogen-bond donors (Lipinski definition) is 1. The molecule has 11 heteroatoms. The van der Waals surface area contributed by atoms with Gasteiger partial charge in [0.25, 0.3) is 11.8 Å². The van der Waals surface area contributed by atoms with Crippen LogP contribution in [0.4, 0.5) is 13.2 Å². The number of rotatable bonds is 7. The number of nitrogens with zero attached hydrogens (tertiary/aromatic N) is 2. The molecule has 202 valence electrons. The first kappa shape index (κ1) is 26.2. The van der Waals surface area contributed by atoms with Gasteiger partial charge in [-0.05, 0) is 24.8 Å². The van der Waals surface area contributed by atoms with E-state index in [0.717, 1.165) is 0 Å². The predicted molar refractivity (Wildman–Crippen MR) is 133 cm³/mol. The summed E-state index contributed by atoms with van der Waals surface area (Å²) in [6.07, 6.45) is 3.64. The van der Waals surface area contributed by atoms with Gasteiger partial charge in [0.2, 0.25) is 5.43 Å². The van der Waals surface area contributed by atoms with E-state index in [-0.39, 0.29) is 36.2 Å². The van der Waals surface area contributed by atoms with Gasteiger partial charge in [-0.15, -0.1) is 0 Å². The van der Waals surface area contributed by atoms with Crippen LogP contribution < -0.4 is 15.5 Å². The first-order valence-corrected chi connectivity index (χ1v) is 12.4. The average molecular weight is 540 g/mol. The molecular weight excluding hydrogens is 515 g/mol. The van der Waals surface area contributed by atoms with Gasteiger partial charge in [0.1, 0.15) is 35.9 Å². The molecule has 2 amide bonds. The lowest BCUT2D eigenvalue weighted by Gasteiger charge is -2.37. The van der Waals surface area contributed by atoms with Crippen molar-refractivity contribution >= 4 is 18.1 Å². The molecule has 1 aromatic heterocycles. The molecule has 0 radical (unpaired) electrons. The van der Waals surface area contributed by atoms with Crippen LogP contribution in [0.25, 0.3) is 0 Å². The Morgan fingerprint density at radius 3 is 2.49 bits per heavy atom. The zero-order valence-electron chi connectivity index (χ0n) is 20.7. The molecule has 1 saturated heterocycles. The number of pyridine rings is 1. The SMILES string of the molecule is O=C[C@H]1CCC[C@H]2CN1C(=O)c1c(OCc3ccccc3)c(=O)c(C(=O)NCc3c(F)cc(F)cc3F)cn12. The fraction of sp³-hybridized carbons (Fsp3) is 0.286. The Kier molecular flexibility index (Phi) is 7.23. The highest BCUT2D eigenvalue weighted by Crippen LogP contribution is 2.34. The van der Waals surface area contributed by atoms with Crippen molar-refractivity contribution in [2.75, 3.05) is 6.54 Å². The van der Waals surface area contributed by atoms with E-state index in [4.69, 9.17) is 4.74 Å². The highest BCUT2D eigenvalue weighted by Gasteiger charge is 2.40. The van der Waals surface area contributed by atoms with Gasteiger partial charge in [-0.3, -0.25) is 14.4 Å². The normalized spacial score (nSPS) is 18.2. The highest BCUT2D eigenvalue weighted by molar-refractivity contribution is 6.00. The third-order valence-corrected chi connectivity index (χ3v) is 7.05. The number of amides is 2. The van der Waals surface area contributed by atoms with Gasteiger partial charge in [-0.2, -0.15) is 0 Å². The number of benzene rings is 2. The fourth-order valence-corrected chi connectivity index (χ4v) is 5.05. The molecular formula is C28H24F3N3O5. The zero-order chi connectivity index (χ0) is 27.7. The molecule has 0 unspecified atom stereocenters. The molecule has 3 aromatic rings. The Hall–Kier alpha value is -4.41. The number of fused-ring (bicyclic) bond motifs is 4. The lowest BCUT2D eigenvalue weighted by atomic mass is 10.1. The largest absolute Gasteiger partial charge is 0.483 e. The zero-order valence-corrected chi connectivity index (χ0v) is 20.7. The van der Waals surface area contributed by atoms with Crippen molar-refractivity contribution in [3.8, 4) is 5.75 Å².